The average molecular weight is 317 g/mol. The van der Waals surface area contributed by atoms with Crippen molar-refractivity contribution in [1.29, 1.82) is 5.26 Å². The monoisotopic (exact) mass is 317 g/mol. The summed E-state index contributed by atoms with van der Waals surface area (Å²) < 4.78 is 28.2. The van der Waals surface area contributed by atoms with Crippen LogP contribution in [0.25, 0.3) is 0 Å². The van der Waals surface area contributed by atoms with Crippen LogP contribution in [0.15, 0.2) is 36.4 Å². The number of aliphatic hydroxyl groups excluding tert-OH is 1. The Hall–Kier alpha value is -2.03. The van der Waals surface area contributed by atoms with Crippen molar-refractivity contribution >= 4 is 13.3 Å². The molecule has 0 aliphatic carbocycles. The molecule has 0 saturated heterocycles. The van der Waals surface area contributed by atoms with Gasteiger partial charge < -0.3 is 5.11 Å². The van der Waals surface area contributed by atoms with E-state index in [1.165, 1.54) is 30.3 Å². The molecular weight excluding hydrogens is 300 g/mol. The van der Waals surface area contributed by atoms with E-state index in [1.54, 1.807) is 6.07 Å². The Labute approximate surface area is 129 Å². The van der Waals surface area contributed by atoms with E-state index in [0.29, 0.717) is 10.8 Å². The standard InChI is InChI=1S/C17H17F2NOSi/c1-22(2,3)17-12(10-20)7-8-14(15(17)19)16(21)11-5-4-6-13(18)9-11/h4-9,16,21H,1-3H3. The number of nitriles is 1. The maximum Gasteiger partial charge on any atom is 0.129 e. The summed E-state index contributed by atoms with van der Waals surface area (Å²) in [6.45, 7) is 5.81. The number of hydrogen-bond donors (Lipinski definition) is 1. The normalized spacial score (nSPS) is 12.8. The molecule has 0 saturated carbocycles. The predicted octanol–water partition coefficient (Wildman–Crippen LogP) is 3.46. The molecule has 2 rings (SSSR count). The minimum absolute atomic E-state index is 0.0713. The van der Waals surface area contributed by atoms with Crippen molar-refractivity contribution in [3.63, 3.8) is 0 Å². The fourth-order valence-electron chi connectivity index (χ4n) is 2.49. The Balaban J connectivity index is 2.60. The molecule has 1 atom stereocenters. The molecule has 0 radical (unpaired) electrons. The Bertz CT molecular complexity index is 747. The number of aliphatic hydroxyl groups is 1. The molecule has 0 aliphatic heterocycles. The highest BCUT2D eigenvalue weighted by molar-refractivity contribution is 6.89. The molecule has 0 aromatic heterocycles. The van der Waals surface area contributed by atoms with Crippen LogP contribution in [0.4, 0.5) is 8.78 Å². The smallest absolute Gasteiger partial charge is 0.129 e. The second-order valence-electron chi connectivity index (χ2n) is 6.21. The van der Waals surface area contributed by atoms with Crippen LogP contribution < -0.4 is 5.19 Å². The molecule has 2 aromatic rings. The molecule has 0 fully saturated rings. The third-order valence-electron chi connectivity index (χ3n) is 3.50. The van der Waals surface area contributed by atoms with Crippen molar-refractivity contribution in [2.75, 3.05) is 0 Å². The molecule has 2 aromatic carbocycles. The maximum atomic E-state index is 14.9. The summed E-state index contributed by atoms with van der Waals surface area (Å²) in [5.74, 6) is -1.05. The first kappa shape index (κ1) is 16.3. The minimum Gasteiger partial charge on any atom is -0.384 e. The molecule has 0 bridgehead atoms. The van der Waals surface area contributed by atoms with Gasteiger partial charge in [-0.05, 0) is 28.9 Å². The van der Waals surface area contributed by atoms with Crippen LogP contribution in [-0.2, 0) is 0 Å². The highest BCUT2D eigenvalue weighted by atomic mass is 28.3. The fraction of sp³-hybridized carbons (Fsp3) is 0.235. The highest BCUT2D eigenvalue weighted by Crippen LogP contribution is 2.26. The summed E-state index contributed by atoms with van der Waals surface area (Å²) in [6.07, 6.45) is -1.27. The van der Waals surface area contributed by atoms with Crippen LogP contribution in [-0.4, -0.2) is 13.2 Å². The lowest BCUT2D eigenvalue weighted by atomic mass is 9.99. The predicted molar refractivity (Wildman–Crippen MR) is 84.6 cm³/mol. The van der Waals surface area contributed by atoms with Crippen molar-refractivity contribution in [3.8, 4) is 6.07 Å². The van der Waals surface area contributed by atoms with Gasteiger partial charge in [-0.3, -0.25) is 0 Å². The third kappa shape index (κ3) is 3.08. The number of hydrogen-bond acceptors (Lipinski definition) is 2. The molecule has 2 nitrogen and oxygen atoms in total. The Morgan fingerprint density at radius 3 is 2.36 bits per heavy atom. The first-order valence-corrected chi connectivity index (χ1v) is 10.4. The van der Waals surface area contributed by atoms with Crippen molar-refractivity contribution in [2.45, 2.75) is 25.7 Å². The number of nitrogens with zero attached hydrogens (tertiary/aromatic N) is 1. The van der Waals surface area contributed by atoms with Crippen LogP contribution in [0.1, 0.15) is 22.8 Å². The van der Waals surface area contributed by atoms with E-state index in [2.05, 4.69) is 0 Å². The van der Waals surface area contributed by atoms with Crippen molar-refractivity contribution in [2.24, 2.45) is 0 Å². The summed E-state index contributed by atoms with van der Waals surface area (Å²) in [5, 5.41) is 20.0. The second kappa shape index (κ2) is 5.99. The zero-order chi connectivity index (χ0) is 16.5. The summed E-state index contributed by atoms with van der Waals surface area (Å²) >= 11 is 0. The van der Waals surface area contributed by atoms with Gasteiger partial charge in [0.2, 0.25) is 0 Å². The van der Waals surface area contributed by atoms with E-state index in [9.17, 15) is 19.1 Å². The van der Waals surface area contributed by atoms with Gasteiger partial charge in [-0.15, -0.1) is 0 Å². The van der Waals surface area contributed by atoms with E-state index in [-0.39, 0.29) is 11.1 Å². The van der Waals surface area contributed by atoms with Gasteiger partial charge in [0.15, 0.2) is 0 Å². The minimum atomic E-state index is -2.12. The lowest BCUT2D eigenvalue weighted by Gasteiger charge is -2.22. The Morgan fingerprint density at radius 2 is 1.82 bits per heavy atom. The van der Waals surface area contributed by atoms with Gasteiger partial charge in [0.1, 0.15) is 17.7 Å². The van der Waals surface area contributed by atoms with Gasteiger partial charge >= 0.3 is 0 Å². The lowest BCUT2D eigenvalue weighted by molar-refractivity contribution is 0.214. The average Bonchev–Trinajstić information content (AvgIpc) is 2.44. The quantitative estimate of drug-likeness (QED) is 0.881. The van der Waals surface area contributed by atoms with Gasteiger partial charge in [0, 0.05) is 5.56 Å². The molecule has 0 heterocycles. The molecule has 1 unspecified atom stereocenters. The fourth-order valence-corrected chi connectivity index (χ4v) is 4.24. The van der Waals surface area contributed by atoms with Crippen LogP contribution >= 0.6 is 0 Å². The summed E-state index contributed by atoms with van der Waals surface area (Å²) in [7, 11) is -2.12. The van der Waals surface area contributed by atoms with Crippen molar-refractivity contribution < 1.29 is 13.9 Å². The van der Waals surface area contributed by atoms with Crippen molar-refractivity contribution in [1.82, 2.24) is 0 Å². The van der Waals surface area contributed by atoms with Crippen LogP contribution in [0, 0.1) is 23.0 Å². The lowest BCUT2D eigenvalue weighted by Crippen LogP contribution is -2.43. The van der Waals surface area contributed by atoms with Gasteiger partial charge in [-0.25, -0.2) is 8.78 Å². The summed E-state index contributed by atoms with van der Waals surface area (Å²) in [5.41, 5.74) is 0.652. The Kier molecular flexibility index (Phi) is 4.45. The first-order valence-electron chi connectivity index (χ1n) is 6.92. The van der Waals surface area contributed by atoms with E-state index >= 15 is 0 Å². The van der Waals surface area contributed by atoms with Gasteiger partial charge in [-0.2, -0.15) is 5.26 Å². The third-order valence-corrected chi connectivity index (χ3v) is 5.49. The summed E-state index contributed by atoms with van der Waals surface area (Å²) in [6, 6.07) is 10.4. The highest BCUT2D eigenvalue weighted by Gasteiger charge is 2.28. The number of rotatable bonds is 3. The summed E-state index contributed by atoms with van der Waals surface area (Å²) in [4.78, 5) is 0. The van der Waals surface area contributed by atoms with Crippen LogP contribution in [0.5, 0.6) is 0 Å². The van der Waals surface area contributed by atoms with E-state index < -0.39 is 25.8 Å². The molecular formula is C17H17F2NOSi. The second-order valence-corrected chi connectivity index (χ2v) is 11.2. The number of benzene rings is 2. The zero-order valence-electron chi connectivity index (χ0n) is 12.7. The molecule has 0 amide bonds. The SMILES string of the molecule is C[Si](C)(C)c1c(C#N)ccc(C(O)c2cccc(F)c2)c1F. The van der Waals surface area contributed by atoms with Crippen LogP contribution in [0.3, 0.4) is 0 Å². The van der Waals surface area contributed by atoms with E-state index in [1.807, 2.05) is 25.7 Å². The first-order chi connectivity index (χ1) is 10.3. The zero-order valence-corrected chi connectivity index (χ0v) is 13.7. The number of halogens is 2. The topological polar surface area (TPSA) is 44.0 Å². The van der Waals surface area contributed by atoms with Crippen LogP contribution in [0.2, 0.25) is 19.6 Å². The maximum absolute atomic E-state index is 14.9. The largest absolute Gasteiger partial charge is 0.384 e. The molecule has 0 spiro atoms. The molecule has 1 N–H and O–H groups in total. The van der Waals surface area contributed by atoms with Crippen molar-refractivity contribution in [3.05, 3.63) is 64.7 Å². The molecule has 0 aliphatic rings. The molecule has 22 heavy (non-hydrogen) atoms. The Morgan fingerprint density at radius 1 is 1.14 bits per heavy atom. The van der Waals surface area contributed by atoms with E-state index in [0.717, 1.165) is 0 Å². The van der Waals surface area contributed by atoms with E-state index in [4.69, 9.17) is 0 Å². The molecule has 5 heteroatoms. The molecule has 114 valence electrons. The van der Waals surface area contributed by atoms with Gasteiger partial charge in [0.05, 0.1) is 19.7 Å². The van der Waals surface area contributed by atoms with Gasteiger partial charge in [-0.1, -0.05) is 37.8 Å². The van der Waals surface area contributed by atoms with Gasteiger partial charge in [0.25, 0.3) is 0 Å².